The second-order valence-electron chi connectivity index (χ2n) is 11.5. The van der Waals surface area contributed by atoms with Crippen molar-refractivity contribution < 1.29 is 14.3 Å². The van der Waals surface area contributed by atoms with E-state index >= 15 is 0 Å². The van der Waals surface area contributed by atoms with Crippen LogP contribution >= 0.6 is 11.8 Å². The van der Waals surface area contributed by atoms with E-state index in [0.29, 0.717) is 49.0 Å². The molecule has 1 aromatic carbocycles. The van der Waals surface area contributed by atoms with Crippen molar-refractivity contribution >= 4 is 29.8 Å². The number of thioether (sulfide) groups is 1. The first-order valence-corrected chi connectivity index (χ1v) is 15.1. The molecule has 6 rings (SSSR count). The lowest BCUT2D eigenvalue weighted by Gasteiger charge is -2.42. The summed E-state index contributed by atoms with van der Waals surface area (Å²) in [6, 6.07) is 8.11. The second kappa shape index (κ2) is 11.1. The standard InChI is InChI=1S/C30H36N6O3S/c1-4-40-28-11-23(30(17-39-18-30)12-27-33-31-19-34(27)3)10-26(32-28)36-15-25-22(16-37)8-21(9-24(25)29(36)38)14-35-7-5-6-20(2)13-35/h8-11,16,19-20H,4-7,12-15,17-18H2,1-3H3/t20-/m0/s1. The van der Waals surface area contributed by atoms with E-state index in [2.05, 4.69) is 35.0 Å². The Morgan fingerprint density at radius 3 is 2.75 bits per heavy atom. The highest BCUT2D eigenvalue weighted by Gasteiger charge is 2.43. The van der Waals surface area contributed by atoms with Gasteiger partial charge in [0.1, 0.15) is 24.3 Å². The molecule has 10 heteroatoms. The van der Waals surface area contributed by atoms with Gasteiger partial charge in [-0.05, 0) is 72.0 Å². The van der Waals surface area contributed by atoms with E-state index in [1.165, 1.54) is 12.8 Å². The van der Waals surface area contributed by atoms with Crippen molar-refractivity contribution in [1.82, 2.24) is 24.6 Å². The number of carbonyl (C=O) groups is 2. The Morgan fingerprint density at radius 2 is 2.08 bits per heavy atom. The largest absolute Gasteiger partial charge is 0.379 e. The van der Waals surface area contributed by atoms with Crippen molar-refractivity contribution in [1.29, 1.82) is 0 Å². The smallest absolute Gasteiger partial charge is 0.260 e. The number of fused-ring (bicyclic) bond motifs is 1. The molecule has 210 valence electrons. The zero-order valence-electron chi connectivity index (χ0n) is 23.4. The zero-order valence-corrected chi connectivity index (χ0v) is 24.2. The molecular formula is C30H36N6O3S. The lowest BCUT2D eigenvalue weighted by atomic mass is 9.76. The number of hydrogen-bond donors (Lipinski definition) is 0. The minimum atomic E-state index is -0.260. The number of likely N-dealkylation sites (tertiary alicyclic amines) is 1. The molecule has 0 aliphatic carbocycles. The van der Waals surface area contributed by atoms with Gasteiger partial charge < -0.3 is 9.30 Å². The Balaban J connectivity index is 1.33. The van der Waals surface area contributed by atoms with Crippen LogP contribution in [0.15, 0.2) is 35.6 Å². The number of nitrogens with zero attached hydrogens (tertiary/aromatic N) is 6. The SMILES string of the molecule is CCSc1cc(C2(Cc3nncn3C)COC2)cc(N2Cc3c(C=O)cc(CN4CCC[C@H](C)C4)cc3C2=O)n1. The lowest BCUT2D eigenvalue weighted by molar-refractivity contribution is -0.0612. The molecule has 0 bridgehead atoms. The number of anilines is 1. The molecule has 9 nitrogen and oxygen atoms in total. The Morgan fingerprint density at radius 1 is 1.23 bits per heavy atom. The summed E-state index contributed by atoms with van der Waals surface area (Å²) < 4.78 is 7.66. The molecule has 2 saturated heterocycles. The number of amides is 1. The van der Waals surface area contributed by atoms with Crippen LogP contribution in [0.2, 0.25) is 0 Å². The average molecular weight is 561 g/mol. The number of pyridine rings is 1. The van der Waals surface area contributed by atoms with Gasteiger partial charge in [0, 0.05) is 43.1 Å². The summed E-state index contributed by atoms with van der Waals surface area (Å²) in [6.45, 7) is 8.70. The quantitative estimate of drug-likeness (QED) is 0.286. The molecule has 1 atom stereocenters. The third kappa shape index (κ3) is 5.08. The van der Waals surface area contributed by atoms with Crippen LogP contribution in [0.1, 0.15) is 69.9 Å². The zero-order chi connectivity index (χ0) is 27.9. The molecule has 40 heavy (non-hydrogen) atoms. The number of aromatic nitrogens is 4. The van der Waals surface area contributed by atoms with Gasteiger partial charge in [-0.1, -0.05) is 13.8 Å². The third-order valence-electron chi connectivity index (χ3n) is 8.44. The first kappa shape index (κ1) is 27.1. The summed E-state index contributed by atoms with van der Waals surface area (Å²) in [6.07, 6.45) is 5.73. The highest BCUT2D eigenvalue weighted by atomic mass is 32.2. The van der Waals surface area contributed by atoms with Gasteiger partial charge in [0.25, 0.3) is 5.91 Å². The van der Waals surface area contributed by atoms with Gasteiger partial charge >= 0.3 is 0 Å². The maximum Gasteiger partial charge on any atom is 0.260 e. The third-order valence-corrected chi connectivity index (χ3v) is 9.23. The number of aldehydes is 1. The van der Waals surface area contributed by atoms with E-state index in [4.69, 9.17) is 9.72 Å². The highest BCUT2D eigenvalue weighted by Crippen LogP contribution is 2.40. The van der Waals surface area contributed by atoms with Gasteiger partial charge in [0.2, 0.25) is 0 Å². The summed E-state index contributed by atoms with van der Waals surface area (Å²) in [5.41, 5.74) is 3.84. The van der Waals surface area contributed by atoms with E-state index in [1.807, 2.05) is 29.8 Å². The first-order valence-electron chi connectivity index (χ1n) is 14.1. The Kier molecular flexibility index (Phi) is 7.50. The van der Waals surface area contributed by atoms with Crippen LogP contribution in [0.5, 0.6) is 0 Å². The van der Waals surface area contributed by atoms with Crippen LogP contribution in [-0.2, 0) is 36.7 Å². The number of ether oxygens (including phenoxy) is 1. The molecule has 3 aliphatic heterocycles. The number of piperidine rings is 1. The topological polar surface area (TPSA) is 93.5 Å². The van der Waals surface area contributed by atoms with E-state index < -0.39 is 0 Å². The molecule has 5 heterocycles. The van der Waals surface area contributed by atoms with Crippen LogP contribution in [-0.4, -0.2) is 68.9 Å². The van der Waals surface area contributed by atoms with Gasteiger partial charge in [-0.25, -0.2) is 4.98 Å². The van der Waals surface area contributed by atoms with E-state index in [9.17, 15) is 9.59 Å². The Bertz CT molecular complexity index is 1430. The number of carbonyl (C=O) groups excluding carboxylic acids is 2. The van der Waals surface area contributed by atoms with Gasteiger partial charge in [-0.3, -0.25) is 19.4 Å². The average Bonchev–Trinajstić information content (AvgIpc) is 3.48. The van der Waals surface area contributed by atoms with Crippen molar-refractivity contribution in [3.05, 3.63) is 64.2 Å². The predicted molar refractivity (Wildman–Crippen MR) is 154 cm³/mol. The van der Waals surface area contributed by atoms with Crippen LogP contribution < -0.4 is 4.90 Å². The maximum absolute atomic E-state index is 13.9. The minimum Gasteiger partial charge on any atom is -0.379 e. The molecule has 1 amide bonds. The van der Waals surface area contributed by atoms with Gasteiger partial charge in [0.15, 0.2) is 0 Å². The van der Waals surface area contributed by atoms with Crippen LogP contribution in [0.3, 0.4) is 0 Å². The summed E-state index contributed by atoms with van der Waals surface area (Å²) in [4.78, 5) is 35.1. The van der Waals surface area contributed by atoms with Gasteiger partial charge in [0.05, 0.1) is 24.8 Å². The molecule has 3 aliphatic rings. The molecule has 2 fully saturated rings. The Labute approximate surface area is 239 Å². The predicted octanol–water partition coefficient (Wildman–Crippen LogP) is 4.04. The highest BCUT2D eigenvalue weighted by molar-refractivity contribution is 7.99. The fourth-order valence-corrected chi connectivity index (χ4v) is 6.88. The van der Waals surface area contributed by atoms with Crippen LogP contribution in [0.4, 0.5) is 5.82 Å². The fraction of sp³-hybridized carbons (Fsp3) is 0.500. The molecule has 0 saturated carbocycles. The number of rotatable bonds is 9. The van der Waals surface area contributed by atoms with Crippen molar-refractivity contribution in [3.63, 3.8) is 0 Å². The lowest BCUT2D eigenvalue weighted by Crippen LogP contribution is -2.49. The molecule has 0 spiro atoms. The van der Waals surface area contributed by atoms with E-state index in [-0.39, 0.29) is 11.3 Å². The summed E-state index contributed by atoms with van der Waals surface area (Å²) in [5, 5.41) is 9.24. The molecular weight excluding hydrogens is 524 g/mol. The van der Waals surface area contributed by atoms with Crippen LogP contribution in [0.25, 0.3) is 0 Å². The van der Waals surface area contributed by atoms with Crippen LogP contribution in [0, 0.1) is 5.92 Å². The monoisotopic (exact) mass is 560 g/mol. The van der Waals surface area contributed by atoms with Crippen molar-refractivity contribution in [3.8, 4) is 0 Å². The fourth-order valence-electron chi connectivity index (χ4n) is 6.22. The second-order valence-corrected chi connectivity index (χ2v) is 12.8. The number of hydrogen-bond acceptors (Lipinski definition) is 8. The normalized spacial score (nSPS) is 20.4. The van der Waals surface area contributed by atoms with E-state index in [0.717, 1.165) is 59.2 Å². The number of aryl methyl sites for hydroxylation is 1. The summed E-state index contributed by atoms with van der Waals surface area (Å²) in [7, 11) is 1.95. The first-order chi connectivity index (χ1) is 19.4. The van der Waals surface area contributed by atoms with Crippen molar-refractivity contribution in [2.24, 2.45) is 13.0 Å². The summed E-state index contributed by atoms with van der Waals surface area (Å²) in [5.74, 6) is 2.93. The van der Waals surface area contributed by atoms with Crippen molar-refractivity contribution in [2.75, 3.05) is 37.0 Å². The maximum atomic E-state index is 13.9. The molecule has 0 radical (unpaired) electrons. The minimum absolute atomic E-state index is 0.101. The summed E-state index contributed by atoms with van der Waals surface area (Å²) >= 11 is 1.65. The van der Waals surface area contributed by atoms with Crippen molar-refractivity contribution in [2.45, 2.75) is 56.6 Å². The van der Waals surface area contributed by atoms with E-state index in [1.54, 1.807) is 23.0 Å². The number of benzene rings is 1. The van der Waals surface area contributed by atoms with Gasteiger partial charge in [-0.2, -0.15) is 0 Å². The Hall–Kier alpha value is -3.08. The van der Waals surface area contributed by atoms with Gasteiger partial charge in [-0.15, -0.1) is 22.0 Å². The molecule has 0 unspecified atom stereocenters. The molecule has 3 aromatic rings. The molecule has 0 N–H and O–H groups in total. The molecule has 2 aromatic heterocycles.